The Morgan fingerprint density at radius 1 is 1.33 bits per heavy atom. The molecular formula is C15H25N3O3. The Labute approximate surface area is 126 Å². The third kappa shape index (κ3) is 6.42. The van der Waals surface area contributed by atoms with Gasteiger partial charge < -0.3 is 10.1 Å². The van der Waals surface area contributed by atoms with E-state index in [0.717, 1.165) is 12.8 Å². The summed E-state index contributed by atoms with van der Waals surface area (Å²) in [7, 11) is 0. The fraction of sp³-hybridized carbons (Fsp3) is 0.667. The van der Waals surface area contributed by atoms with Crippen LogP contribution in [0.15, 0.2) is 12.1 Å². The lowest BCUT2D eigenvalue weighted by Crippen LogP contribution is -2.13. The van der Waals surface area contributed by atoms with E-state index in [-0.39, 0.29) is 11.8 Å². The summed E-state index contributed by atoms with van der Waals surface area (Å²) in [6.07, 6.45) is 5.66. The SMILES string of the molecule is CCCCCCC(C)Oc1cc([N+](=O)[O-])cc(NCC)n1. The predicted molar refractivity (Wildman–Crippen MR) is 83.9 cm³/mol. The van der Waals surface area contributed by atoms with Gasteiger partial charge in [0.25, 0.3) is 5.69 Å². The molecule has 0 fully saturated rings. The zero-order valence-corrected chi connectivity index (χ0v) is 13.1. The molecule has 1 unspecified atom stereocenters. The summed E-state index contributed by atoms with van der Waals surface area (Å²) in [5.41, 5.74) is -0.00543. The minimum Gasteiger partial charge on any atom is -0.474 e. The van der Waals surface area contributed by atoms with E-state index in [4.69, 9.17) is 4.74 Å². The van der Waals surface area contributed by atoms with Crippen LogP contribution in [0.25, 0.3) is 0 Å². The highest BCUT2D eigenvalue weighted by Crippen LogP contribution is 2.23. The number of rotatable bonds is 10. The molecule has 1 N–H and O–H groups in total. The number of anilines is 1. The van der Waals surface area contributed by atoms with Crippen molar-refractivity contribution < 1.29 is 9.66 Å². The van der Waals surface area contributed by atoms with Crippen molar-refractivity contribution in [3.63, 3.8) is 0 Å². The third-order valence-electron chi connectivity index (χ3n) is 3.14. The monoisotopic (exact) mass is 295 g/mol. The van der Waals surface area contributed by atoms with Crippen LogP contribution in [0.3, 0.4) is 0 Å². The number of nitro groups is 1. The molecule has 0 aliphatic rings. The number of nitrogens with zero attached hydrogens (tertiary/aromatic N) is 2. The molecule has 1 heterocycles. The van der Waals surface area contributed by atoms with Gasteiger partial charge in [-0.15, -0.1) is 0 Å². The number of aromatic nitrogens is 1. The summed E-state index contributed by atoms with van der Waals surface area (Å²) < 4.78 is 5.72. The maximum atomic E-state index is 10.9. The molecule has 0 saturated carbocycles. The largest absolute Gasteiger partial charge is 0.474 e. The number of pyridine rings is 1. The normalized spacial score (nSPS) is 12.0. The highest BCUT2D eigenvalue weighted by atomic mass is 16.6. The lowest BCUT2D eigenvalue weighted by molar-refractivity contribution is -0.384. The van der Waals surface area contributed by atoms with Gasteiger partial charge in [-0.05, 0) is 26.7 Å². The van der Waals surface area contributed by atoms with Crippen LogP contribution in [0.2, 0.25) is 0 Å². The number of hydrogen-bond acceptors (Lipinski definition) is 5. The van der Waals surface area contributed by atoms with E-state index in [9.17, 15) is 10.1 Å². The second kappa shape index (κ2) is 9.15. The average molecular weight is 295 g/mol. The Morgan fingerprint density at radius 2 is 2.10 bits per heavy atom. The highest BCUT2D eigenvalue weighted by Gasteiger charge is 2.13. The predicted octanol–water partition coefficient (Wildman–Crippen LogP) is 4.16. The standard InChI is InChI=1S/C15H25N3O3/c1-4-6-7-8-9-12(3)21-15-11-13(18(19)20)10-14(17-15)16-5-2/h10-12H,4-9H2,1-3H3,(H,16,17). The van der Waals surface area contributed by atoms with E-state index in [1.165, 1.54) is 31.4 Å². The van der Waals surface area contributed by atoms with Gasteiger partial charge in [0, 0.05) is 6.54 Å². The molecule has 0 aromatic carbocycles. The van der Waals surface area contributed by atoms with E-state index in [1.54, 1.807) is 0 Å². The van der Waals surface area contributed by atoms with Crippen molar-refractivity contribution in [1.82, 2.24) is 4.98 Å². The molecule has 0 saturated heterocycles. The van der Waals surface area contributed by atoms with Crippen LogP contribution in [0.1, 0.15) is 52.9 Å². The van der Waals surface area contributed by atoms with Gasteiger partial charge in [0.2, 0.25) is 5.88 Å². The van der Waals surface area contributed by atoms with E-state index in [1.807, 2.05) is 13.8 Å². The first kappa shape index (κ1) is 17.2. The van der Waals surface area contributed by atoms with Gasteiger partial charge in [0.05, 0.1) is 23.2 Å². The van der Waals surface area contributed by atoms with E-state index >= 15 is 0 Å². The molecule has 1 rings (SSSR count). The van der Waals surface area contributed by atoms with Gasteiger partial charge in [-0.3, -0.25) is 10.1 Å². The summed E-state index contributed by atoms with van der Waals surface area (Å²) in [5, 5.41) is 13.9. The second-order valence-electron chi connectivity index (χ2n) is 5.11. The van der Waals surface area contributed by atoms with E-state index in [2.05, 4.69) is 17.2 Å². The van der Waals surface area contributed by atoms with Crippen molar-refractivity contribution in [3.8, 4) is 5.88 Å². The quantitative estimate of drug-likeness (QED) is 0.398. The Balaban J connectivity index is 2.65. The van der Waals surface area contributed by atoms with Crippen molar-refractivity contribution in [2.45, 2.75) is 59.0 Å². The van der Waals surface area contributed by atoms with Crippen LogP contribution in [-0.4, -0.2) is 22.6 Å². The number of nitrogens with one attached hydrogen (secondary N) is 1. The molecule has 1 atom stereocenters. The van der Waals surface area contributed by atoms with Crippen LogP contribution in [0.5, 0.6) is 5.88 Å². The molecule has 6 heteroatoms. The van der Waals surface area contributed by atoms with Gasteiger partial charge in [0.15, 0.2) is 0 Å². The first-order chi connectivity index (χ1) is 10.1. The zero-order valence-electron chi connectivity index (χ0n) is 13.1. The van der Waals surface area contributed by atoms with Crippen LogP contribution in [0, 0.1) is 10.1 Å². The van der Waals surface area contributed by atoms with Crippen LogP contribution in [-0.2, 0) is 0 Å². The Morgan fingerprint density at radius 3 is 2.71 bits per heavy atom. The molecule has 0 spiro atoms. The summed E-state index contributed by atoms with van der Waals surface area (Å²) >= 11 is 0. The maximum Gasteiger partial charge on any atom is 0.278 e. The molecule has 0 aliphatic heterocycles. The smallest absolute Gasteiger partial charge is 0.278 e. The van der Waals surface area contributed by atoms with Crippen LogP contribution in [0.4, 0.5) is 11.5 Å². The fourth-order valence-corrected chi connectivity index (χ4v) is 2.05. The van der Waals surface area contributed by atoms with Crippen LogP contribution >= 0.6 is 0 Å². The maximum absolute atomic E-state index is 10.9. The van der Waals surface area contributed by atoms with Crippen molar-refractivity contribution in [1.29, 1.82) is 0 Å². The van der Waals surface area contributed by atoms with E-state index in [0.29, 0.717) is 18.2 Å². The lowest BCUT2D eigenvalue weighted by atomic mass is 10.1. The van der Waals surface area contributed by atoms with Crippen molar-refractivity contribution >= 4 is 11.5 Å². The van der Waals surface area contributed by atoms with Crippen molar-refractivity contribution in [2.75, 3.05) is 11.9 Å². The van der Waals surface area contributed by atoms with Gasteiger partial charge in [-0.1, -0.05) is 26.2 Å². The number of ether oxygens (including phenoxy) is 1. The molecule has 1 aromatic heterocycles. The van der Waals surface area contributed by atoms with Crippen LogP contribution < -0.4 is 10.1 Å². The number of hydrogen-bond donors (Lipinski definition) is 1. The molecule has 21 heavy (non-hydrogen) atoms. The summed E-state index contributed by atoms with van der Waals surface area (Å²) in [4.78, 5) is 14.8. The first-order valence-corrected chi connectivity index (χ1v) is 7.63. The summed E-state index contributed by atoms with van der Waals surface area (Å²) in [6, 6.07) is 2.80. The molecule has 0 bridgehead atoms. The van der Waals surface area contributed by atoms with Crippen molar-refractivity contribution in [3.05, 3.63) is 22.2 Å². The van der Waals surface area contributed by atoms with Gasteiger partial charge in [0.1, 0.15) is 5.82 Å². The van der Waals surface area contributed by atoms with Gasteiger partial charge >= 0.3 is 0 Å². The molecular weight excluding hydrogens is 270 g/mol. The number of unbranched alkanes of at least 4 members (excludes halogenated alkanes) is 3. The highest BCUT2D eigenvalue weighted by molar-refractivity contribution is 5.48. The molecule has 118 valence electrons. The van der Waals surface area contributed by atoms with E-state index < -0.39 is 4.92 Å². The molecule has 0 radical (unpaired) electrons. The molecule has 0 amide bonds. The first-order valence-electron chi connectivity index (χ1n) is 7.63. The van der Waals surface area contributed by atoms with Crippen molar-refractivity contribution in [2.24, 2.45) is 0 Å². The minimum atomic E-state index is -0.429. The third-order valence-corrected chi connectivity index (χ3v) is 3.14. The Hall–Kier alpha value is -1.85. The minimum absolute atomic E-state index is 0.00540. The summed E-state index contributed by atoms with van der Waals surface area (Å²) in [5.74, 6) is 0.781. The Bertz CT molecular complexity index is 452. The molecule has 6 nitrogen and oxygen atoms in total. The average Bonchev–Trinajstić information content (AvgIpc) is 2.43. The Kier molecular flexibility index (Phi) is 7.50. The summed E-state index contributed by atoms with van der Waals surface area (Å²) in [6.45, 7) is 6.71. The fourth-order valence-electron chi connectivity index (χ4n) is 2.05. The topological polar surface area (TPSA) is 77.3 Å². The zero-order chi connectivity index (χ0) is 15.7. The second-order valence-corrected chi connectivity index (χ2v) is 5.11. The van der Waals surface area contributed by atoms with Gasteiger partial charge in [-0.2, -0.15) is 4.98 Å². The lowest BCUT2D eigenvalue weighted by Gasteiger charge is -2.14. The molecule has 0 aliphatic carbocycles. The molecule has 1 aromatic rings. The van der Waals surface area contributed by atoms with Gasteiger partial charge in [-0.25, -0.2) is 0 Å².